The molecule has 1 aromatic rings. The Bertz CT molecular complexity index is 387. The number of ether oxygens (including phenoxy) is 1. The van der Waals surface area contributed by atoms with Gasteiger partial charge in [-0.2, -0.15) is 0 Å². The Morgan fingerprint density at radius 2 is 2.06 bits per heavy atom. The van der Waals surface area contributed by atoms with Crippen molar-refractivity contribution in [3.63, 3.8) is 0 Å². The van der Waals surface area contributed by atoms with Crippen molar-refractivity contribution in [2.75, 3.05) is 19.1 Å². The third-order valence-corrected chi connectivity index (χ3v) is 3.15. The van der Waals surface area contributed by atoms with Crippen molar-refractivity contribution in [2.24, 2.45) is 0 Å². The number of rotatable bonds is 4. The minimum atomic E-state index is -0.471. The van der Waals surface area contributed by atoms with Crippen LogP contribution in [0, 0.1) is 0 Å². The molecule has 0 aliphatic heterocycles. The van der Waals surface area contributed by atoms with Crippen LogP contribution in [0.2, 0.25) is 0 Å². The van der Waals surface area contributed by atoms with Gasteiger partial charge in [0.05, 0.1) is 19.5 Å². The molecule has 0 spiro atoms. The second kappa shape index (κ2) is 5.12. The lowest BCUT2D eigenvalue weighted by molar-refractivity contribution is 0.0593. The van der Waals surface area contributed by atoms with Crippen LogP contribution in [0.1, 0.15) is 37.7 Å². The van der Waals surface area contributed by atoms with Crippen LogP contribution in [0.5, 0.6) is 0 Å². The zero-order chi connectivity index (χ0) is 13.1. The maximum Gasteiger partial charge on any atom is 0.358 e. The van der Waals surface area contributed by atoms with Crippen molar-refractivity contribution >= 4 is 11.8 Å². The second-order valence-corrected chi connectivity index (χ2v) is 4.48. The second-order valence-electron chi connectivity index (χ2n) is 4.48. The van der Waals surface area contributed by atoms with Crippen molar-refractivity contribution in [3.05, 3.63) is 18.1 Å². The van der Waals surface area contributed by atoms with Gasteiger partial charge in [-0.25, -0.2) is 14.8 Å². The van der Waals surface area contributed by atoms with E-state index in [1.54, 1.807) is 6.20 Å². The van der Waals surface area contributed by atoms with Crippen molar-refractivity contribution < 1.29 is 9.53 Å². The van der Waals surface area contributed by atoms with Crippen LogP contribution in [0.25, 0.3) is 0 Å². The number of nitrogens with zero attached hydrogens (tertiary/aromatic N) is 3. The van der Waals surface area contributed by atoms with Gasteiger partial charge in [0.15, 0.2) is 5.69 Å². The maximum atomic E-state index is 11.2. The molecule has 5 nitrogen and oxygen atoms in total. The smallest absolute Gasteiger partial charge is 0.358 e. The first-order valence-corrected chi connectivity index (χ1v) is 5.56. The highest BCUT2D eigenvalue weighted by atomic mass is 16.5. The van der Waals surface area contributed by atoms with Gasteiger partial charge in [-0.1, -0.05) is 6.92 Å². The number of anilines is 1. The lowest BCUT2D eigenvalue weighted by atomic mass is 10.0. The fourth-order valence-corrected chi connectivity index (χ4v) is 1.25. The van der Waals surface area contributed by atoms with Crippen LogP contribution < -0.4 is 4.90 Å². The summed E-state index contributed by atoms with van der Waals surface area (Å²) in [6.07, 6.45) is 4.01. The SMILES string of the molecule is CCC(C)(C)N(C)c1cnc(C(=O)OC)cn1. The fraction of sp³-hybridized carbons (Fsp3) is 0.583. The zero-order valence-electron chi connectivity index (χ0n) is 11.0. The number of carbonyl (C=O) groups is 1. The Kier molecular flexibility index (Phi) is 4.04. The van der Waals surface area contributed by atoms with Gasteiger partial charge >= 0.3 is 5.97 Å². The lowest BCUT2D eigenvalue weighted by Gasteiger charge is -2.35. The quantitative estimate of drug-likeness (QED) is 0.748. The lowest BCUT2D eigenvalue weighted by Crippen LogP contribution is -2.41. The van der Waals surface area contributed by atoms with Gasteiger partial charge in [0.1, 0.15) is 5.82 Å². The largest absolute Gasteiger partial charge is 0.464 e. The molecule has 1 rings (SSSR count). The molecule has 0 aromatic carbocycles. The Labute approximate surface area is 102 Å². The third kappa shape index (κ3) is 2.93. The van der Waals surface area contributed by atoms with Crippen LogP contribution in [0.4, 0.5) is 5.82 Å². The van der Waals surface area contributed by atoms with Crippen LogP contribution in [-0.4, -0.2) is 35.6 Å². The number of hydrogen-bond acceptors (Lipinski definition) is 5. The van der Waals surface area contributed by atoms with Crippen molar-refractivity contribution in [1.82, 2.24) is 9.97 Å². The van der Waals surface area contributed by atoms with E-state index in [1.807, 2.05) is 11.9 Å². The van der Waals surface area contributed by atoms with Crippen LogP contribution >= 0.6 is 0 Å². The van der Waals surface area contributed by atoms with Crippen LogP contribution in [0.3, 0.4) is 0 Å². The summed E-state index contributed by atoms with van der Waals surface area (Å²) in [6, 6.07) is 0. The van der Waals surface area contributed by atoms with E-state index in [2.05, 4.69) is 35.5 Å². The first-order chi connectivity index (χ1) is 7.92. The first-order valence-electron chi connectivity index (χ1n) is 5.56. The van der Waals surface area contributed by atoms with Gasteiger partial charge < -0.3 is 9.64 Å². The molecule has 0 amide bonds. The predicted molar refractivity (Wildman–Crippen MR) is 66.1 cm³/mol. The minimum Gasteiger partial charge on any atom is -0.464 e. The van der Waals surface area contributed by atoms with Crippen molar-refractivity contribution in [2.45, 2.75) is 32.7 Å². The summed E-state index contributed by atoms with van der Waals surface area (Å²) in [6.45, 7) is 6.37. The summed E-state index contributed by atoms with van der Waals surface area (Å²) in [4.78, 5) is 21.5. The van der Waals surface area contributed by atoms with E-state index in [4.69, 9.17) is 0 Å². The molecule has 1 heterocycles. The summed E-state index contributed by atoms with van der Waals surface area (Å²) >= 11 is 0. The van der Waals surface area contributed by atoms with E-state index in [0.29, 0.717) is 0 Å². The molecule has 94 valence electrons. The Morgan fingerprint density at radius 1 is 1.41 bits per heavy atom. The molecule has 0 aliphatic carbocycles. The monoisotopic (exact) mass is 237 g/mol. The summed E-state index contributed by atoms with van der Waals surface area (Å²) in [5.41, 5.74) is 0.223. The molecule has 0 N–H and O–H groups in total. The van der Waals surface area contributed by atoms with Gasteiger partial charge in [0.25, 0.3) is 0 Å². The van der Waals surface area contributed by atoms with Gasteiger partial charge in [-0.3, -0.25) is 0 Å². The molecule has 0 saturated heterocycles. The number of methoxy groups -OCH3 is 1. The average Bonchev–Trinajstić information content (AvgIpc) is 2.37. The van der Waals surface area contributed by atoms with Gasteiger partial charge in [-0.15, -0.1) is 0 Å². The standard InChI is InChI=1S/C12H19N3O2/c1-6-12(2,3)15(4)10-8-13-9(7-14-10)11(16)17-5/h7-8H,6H2,1-5H3. The van der Waals surface area contributed by atoms with Crippen LogP contribution in [-0.2, 0) is 4.74 Å². The van der Waals surface area contributed by atoms with E-state index in [1.165, 1.54) is 13.3 Å². The van der Waals surface area contributed by atoms with Crippen molar-refractivity contribution in [3.8, 4) is 0 Å². The molecular weight excluding hydrogens is 218 g/mol. The molecule has 0 bridgehead atoms. The van der Waals surface area contributed by atoms with E-state index >= 15 is 0 Å². The number of aromatic nitrogens is 2. The van der Waals surface area contributed by atoms with Gasteiger partial charge in [0, 0.05) is 12.6 Å². The molecule has 0 unspecified atom stereocenters. The molecule has 0 fully saturated rings. The predicted octanol–water partition coefficient (Wildman–Crippen LogP) is 1.89. The highest BCUT2D eigenvalue weighted by Crippen LogP contribution is 2.22. The van der Waals surface area contributed by atoms with E-state index in [0.717, 1.165) is 12.2 Å². The van der Waals surface area contributed by atoms with Gasteiger partial charge in [-0.05, 0) is 20.3 Å². The third-order valence-electron chi connectivity index (χ3n) is 3.15. The Morgan fingerprint density at radius 3 is 2.47 bits per heavy atom. The normalized spacial score (nSPS) is 11.1. The number of carbonyl (C=O) groups excluding carboxylic acids is 1. The molecule has 0 atom stereocenters. The number of esters is 1. The zero-order valence-corrected chi connectivity index (χ0v) is 11.0. The average molecular weight is 237 g/mol. The van der Waals surface area contributed by atoms with E-state index < -0.39 is 5.97 Å². The Hall–Kier alpha value is -1.65. The highest BCUT2D eigenvalue weighted by Gasteiger charge is 2.22. The molecule has 0 saturated carbocycles. The summed E-state index contributed by atoms with van der Waals surface area (Å²) < 4.78 is 4.57. The molecular formula is C12H19N3O2. The summed E-state index contributed by atoms with van der Waals surface area (Å²) in [5, 5.41) is 0. The minimum absolute atomic E-state index is 0.00145. The number of hydrogen-bond donors (Lipinski definition) is 0. The summed E-state index contributed by atoms with van der Waals surface area (Å²) in [5.74, 6) is 0.269. The highest BCUT2D eigenvalue weighted by molar-refractivity contribution is 5.86. The molecule has 5 heteroatoms. The maximum absolute atomic E-state index is 11.2. The Balaban J connectivity index is 2.91. The molecule has 0 aliphatic rings. The fourth-order valence-electron chi connectivity index (χ4n) is 1.25. The molecule has 0 radical (unpaired) electrons. The first kappa shape index (κ1) is 13.4. The molecule has 17 heavy (non-hydrogen) atoms. The molecule has 1 aromatic heterocycles. The van der Waals surface area contributed by atoms with E-state index in [-0.39, 0.29) is 11.2 Å². The van der Waals surface area contributed by atoms with Crippen molar-refractivity contribution in [1.29, 1.82) is 0 Å². The van der Waals surface area contributed by atoms with Crippen LogP contribution in [0.15, 0.2) is 12.4 Å². The van der Waals surface area contributed by atoms with Gasteiger partial charge in [0.2, 0.25) is 0 Å². The van der Waals surface area contributed by atoms with E-state index in [9.17, 15) is 4.79 Å². The topological polar surface area (TPSA) is 55.3 Å². The summed E-state index contributed by atoms with van der Waals surface area (Å²) in [7, 11) is 3.29.